The van der Waals surface area contributed by atoms with Gasteiger partial charge in [0.1, 0.15) is 13.2 Å². The average Bonchev–Trinajstić information content (AvgIpc) is 2.89. The predicted molar refractivity (Wildman–Crippen MR) is 138 cm³/mol. The normalized spacial score (nSPS) is 27.0. The van der Waals surface area contributed by atoms with Gasteiger partial charge in [0.15, 0.2) is 23.9 Å². The van der Waals surface area contributed by atoms with Crippen molar-refractivity contribution >= 4 is 29.4 Å². The van der Waals surface area contributed by atoms with Crippen molar-refractivity contribution in [2.45, 2.75) is 49.0 Å². The Balaban J connectivity index is 1.04. The summed E-state index contributed by atoms with van der Waals surface area (Å²) in [7, 11) is 0. The summed E-state index contributed by atoms with van der Waals surface area (Å²) in [6.45, 7) is 0.512. The van der Waals surface area contributed by atoms with Crippen LogP contribution in [0.3, 0.4) is 0 Å². The Morgan fingerprint density at radius 1 is 0.919 bits per heavy atom. The van der Waals surface area contributed by atoms with Crippen molar-refractivity contribution in [3.05, 3.63) is 53.6 Å². The summed E-state index contributed by atoms with van der Waals surface area (Å²) in [5.74, 6) is 2.74. The van der Waals surface area contributed by atoms with Gasteiger partial charge in [-0.3, -0.25) is 9.59 Å². The van der Waals surface area contributed by atoms with Crippen LogP contribution in [0.25, 0.3) is 0 Å². The van der Waals surface area contributed by atoms with Crippen LogP contribution in [0.2, 0.25) is 0 Å². The zero-order chi connectivity index (χ0) is 25.4. The van der Waals surface area contributed by atoms with Crippen LogP contribution >= 0.6 is 11.8 Å². The van der Waals surface area contributed by atoms with E-state index in [4.69, 9.17) is 14.2 Å². The molecule has 37 heavy (non-hydrogen) atoms. The van der Waals surface area contributed by atoms with Gasteiger partial charge < -0.3 is 19.5 Å². The van der Waals surface area contributed by atoms with Crippen molar-refractivity contribution in [1.29, 1.82) is 0 Å². The molecule has 0 unspecified atom stereocenters. The number of ketones is 1. The number of rotatable bonds is 8. The van der Waals surface area contributed by atoms with Gasteiger partial charge in [0.2, 0.25) is 5.91 Å². The lowest BCUT2D eigenvalue weighted by molar-refractivity contribution is -0.124. The van der Waals surface area contributed by atoms with E-state index in [0.717, 1.165) is 37.0 Å². The largest absolute Gasteiger partial charge is 0.486 e. The summed E-state index contributed by atoms with van der Waals surface area (Å²) >= 11 is 1.33. The van der Waals surface area contributed by atoms with Gasteiger partial charge >= 0.3 is 5.97 Å². The highest BCUT2D eigenvalue weighted by atomic mass is 32.2. The molecule has 4 fully saturated rings. The number of nitrogens with one attached hydrogen (secondary N) is 1. The van der Waals surface area contributed by atoms with Crippen molar-refractivity contribution in [3.63, 3.8) is 0 Å². The molecule has 7 nitrogen and oxygen atoms in total. The molecule has 4 aliphatic carbocycles. The molecule has 4 bridgehead atoms. The van der Waals surface area contributed by atoms with Crippen LogP contribution in [0, 0.1) is 17.8 Å². The van der Waals surface area contributed by atoms with E-state index in [2.05, 4.69) is 5.32 Å². The number of fused-ring (bicyclic) bond motifs is 1. The van der Waals surface area contributed by atoms with Crippen LogP contribution in [0.5, 0.6) is 11.5 Å². The summed E-state index contributed by atoms with van der Waals surface area (Å²) in [6.07, 6.45) is 7.31. The fourth-order valence-corrected chi connectivity index (χ4v) is 7.85. The summed E-state index contributed by atoms with van der Waals surface area (Å²) in [4.78, 5) is 39.1. The van der Waals surface area contributed by atoms with Gasteiger partial charge in [-0.25, -0.2) is 4.79 Å². The van der Waals surface area contributed by atoms with Crippen molar-refractivity contribution in [3.8, 4) is 11.5 Å². The molecule has 5 aliphatic rings. The standard InChI is InChI=1S/C29H31NO6S/c31-23(21-5-6-24-25(12-21)35-8-7-34-24)16-36-28(33)22-3-1-2-4-26(22)37-17-27(32)30-29-13-18-9-19(14-29)11-20(10-18)15-29/h1-6,12,18-20H,7-11,13-17H2,(H,30,32). The molecule has 7 rings (SSSR count). The van der Waals surface area contributed by atoms with E-state index in [0.29, 0.717) is 40.7 Å². The van der Waals surface area contributed by atoms with Crippen LogP contribution in [-0.4, -0.2) is 48.8 Å². The fourth-order valence-electron chi connectivity index (χ4n) is 7.01. The zero-order valence-electron chi connectivity index (χ0n) is 20.7. The second-order valence-electron chi connectivity index (χ2n) is 10.9. The number of ether oxygens (including phenoxy) is 3. The maximum absolute atomic E-state index is 12.9. The van der Waals surface area contributed by atoms with Crippen molar-refractivity contribution < 1.29 is 28.6 Å². The molecular formula is C29H31NO6S. The first-order chi connectivity index (χ1) is 18.0. The highest BCUT2D eigenvalue weighted by Gasteiger charge is 2.51. The van der Waals surface area contributed by atoms with Crippen molar-refractivity contribution in [2.75, 3.05) is 25.6 Å². The number of carbonyl (C=O) groups is 3. The molecule has 1 aliphatic heterocycles. The molecule has 0 aromatic heterocycles. The summed E-state index contributed by atoms with van der Waals surface area (Å²) in [5, 5.41) is 3.38. The minimum absolute atomic E-state index is 0.0175. The molecular weight excluding hydrogens is 490 g/mol. The topological polar surface area (TPSA) is 90.9 Å². The summed E-state index contributed by atoms with van der Waals surface area (Å²) < 4.78 is 16.4. The Morgan fingerprint density at radius 3 is 2.32 bits per heavy atom. The number of hydrogen-bond acceptors (Lipinski definition) is 7. The second kappa shape index (κ2) is 10.0. The van der Waals surface area contributed by atoms with E-state index in [1.165, 1.54) is 31.0 Å². The van der Waals surface area contributed by atoms with Gasteiger partial charge in [-0.2, -0.15) is 0 Å². The van der Waals surface area contributed by atoms with Gasteiger partial charge in [0.05, 0.1) is 11.3 Å². The molecule has 2 aromatic carbocycles. The van der Waals surface area contributed by atoms with Crippen LogP contribution < -0.4 is 14.8 Å². The van der Waals surface area contributed by atoms with Crippen LogP contribution in [0.15, 0.2) is 47.4 Å². The number of amides is 1. The maximum atomic E-state index is 12.9. The number of Topliss-reactive ketones (excluding diaryl/α,β-unsaturated/α-hetero) is 1. The van der Waals surface area contributed by atoms with E-state index in [-0.39, 0.29) is 29.6 Å². The fraction of sp³-hybridized carbons (Fsp3) is 0.483. The smallest absolute Gasteiger partial charge is 0.339 e. The molecule has 2 aromatic rings. The van der Waals surface area contributed by atoms with E-state index < -0.39 is 5.97 Å². The first-order valence-electron chi connectivity index (χ1n) is 13.1. The van der Waals surface area contributed by atoms with E-state index >= 15 is 0 Å². The highest BCUT2D eigenvalue weighted by molar-refractivity contribution is 8.00. The molecule has 1 heterocycles. The Hall–Kier alpha value is -3.00. The monoisotopic (exact) mass is 521 g/mol. The van der Waals surface area contributed by atoms with Gasteiger partial charge in [-0.05, 0) is 86.6 Å². The Labute approximate surface area is 220 Å². The lowest BCUT2D eigenvalue weighted by Crippen LogP contribution is -2.60. The summed E-state index contributed by atoms with van der Waals surface area (Å²) in [5.41, 5.74) is 0.713. The Kier molecular flexibility index (Phi) is 6.61. The number of hydrogen-bond donors (Lipinski definition) is 1. The molecule has 194 valence electrons. The second-order valence-corrected chi connectivity index (χ2v) is 11.9. The van der Waals surface area contributed by atoms with Gasteiger partial charge in [0.25, 0.3) is 0 Å². The van der Waals surface area contributed by atoms with E-state index in [9.17, 15) is 14.4 Å². The lowest BCUT2D eigenvalue weighted by atomic mass is 9.53. The molecule has 4 saturated carbocycles. The van der Waals surface area contributed by atoms with Gasteiger partial charge in [-0.1, -0.05) is 12.1 Å². The Bertz CT molecular complexity index is 1190. The molecule has 1 amide bonds. The van der Waals surface area contributed by atoms with Crippen LogP contribution in [-0.2, 0) is 9.53 Å². The van der Waals surface area contributed by atoms with Gasteiger partial charge in [0, 0.05) is 16.0 Å². The van der Waals surface area contributed by atoms with Crippen LogP contribution in [0.1, 0.15) is 59.2 Å². The quantitative estimate of drug-likeness (QED) is 0.307. The average molecular weight is 522 g/mol. The third kappa shape index (κ3) is 5.21. The third-order valence-corrected chi connectivity index (χ3v) is 9.18. The molecule has 1 N–H and O–H groups in total. The molecule has 8 heteroatoms. The van der Waals surface area contributed by atoms with E-state index in [1.54, 1.807) is 30.3 Å². The number of carbonyl (C=O) groups excluding carboxylic acids is 3. The van der Waals surface area contributed by atoms with Crippen molar-refractivity contribution in [2.24, 2.45) is 17.8 Å². The van der Waals surface area contributed by atoms with Gasteiger partial charge in [-0.15, -0.1) is 11.8 Å². The first-order valence-corrected chi connectivity index (χ1v) is 14.1. The zero-order valence-corrected chi connectivity index (χ0v) is 21.5. The molecule has 0 spiro atoms. The van der Waals surface area contributed by atoms with E-state index in [1.807, 2.05) is 12.1 Å². The maximum Gasteiger partial charge on any atom is 0.339 e. The lowest BCUT2D eigenvalue weighted by Gasteiger charge is -2.56. The number of thioether (sulfide) groups is 1. The summed E-state index contributed by atoms with van der Waals surface area (Å²) in [6, 6.07) is 12.0. The number of benzene rings is 2. The van der Waals surface area contributed by atoms with Crippen LogP contribution in [0.4, 0.5) is 0 Å². The number of esters is 1. The predicted octanol–water partition coefficient (Wildman–Crippen LogP) is 4.67. The Morgan fingerprint density at radius 2 is 1.59 bits per heavy atom. The third-order valence-electron chi connectivity index (χ3n) is 8.11. The highest BCUT2D eigenvalue weighted by Crippen LogP contribution is 2.55. The molecule has 0 radical (unpaired) electrons. The molecule has 0 atom stereocenters. The van der Waals surface area contributed by atoms with Crippen molar-refractivity contribution in [1.82, 2.24) is 5.32 Å². The first kappa shape index (κ1) is 24.3. The molecule has 0 saturated heterocycles. The SMILES string of the molecule is O=C(CSc1ccccc1C(=O)OCC(=O)c1ccc2c(c1)OCCO2)NC12CC3CC(CC(C3)C1)C2. The minimum Gasteiger partial charge on any atom is -0.486 e. The minimum atomic E-state index is -0.588.